The Labute approximate surface area is 83.2 Å². The predicted octanol–water partition coefficient (Wildman–Crippen LogP) is 2.20. The lowest BCUT2D eigenvalue weighted by atomic mass is 10.2. The van der Waals surface area contributed by atoms with Crippen LogP contribution in [0.25, 0.3) is 6.08 Å². The van der Waals surface area contributed by atoms with Gasteiger partial charge < -0.3 is 0 Å². The third-order valence-electron chi connectivity index (χ3n) is 1.44. The Morgan fingerprint density at radius 3 is 1.64 bits per heavy atom. The first-order valence-electron chi connectivity index (χ1n) is 4.16. The molecule has 1 heterocycles. The highest BCUT2D eigenvalue weighted by atomic mass is 14.9. The van der Waals surface area contributed by atoms with Crippen LogP contribution in [0, 0.1) is 0 Å². The van der Waals surface area contributed by atoms with Gasteiger partial charge in [-0.05, 0) is 5.56 Å². The SMILES string of the molecule is C=Cc1ccccc1.c1ncncn1. The lowest BCUT2D eigenvalue weighted by Crippen LogP contribution is -1.73. The Bertz CT molecular complexity index is 319. The van der Waals surface area contributed by atoms with Gasteiger partial charge in [0, 0.05) is 0 Å². The molecule has 0 fully saturated rings. The van der Waals surface area contributed by atoms with Crippen molar-refractivity contribution in [3.63, 3.8) is 0 Å². The number of nitrogens with zero attached hydrogens (tertiary/aromatic N) is 3. The maximum atomic E-state index is 3.63. The summed E-state index contributed by atoms with van der Waals surface area (Å²) in [5, 5.41) is 0. The van der Waals surface area contributed by atoms with Crippen LogP contribution in [0.2, 0.25) is 0 Å². The maximum Gasteiger partial charge on any atom is 0.119 e. The molecule has 3 heteroatoms. The quantitative estimate of drug-likeness (QED) is 0.683. The molecule has 0 saturated carbocycles. The second-order valence-electron chi connectivity index (χ2n) is 2.41. The molecule has 0 aliphatic carbocycles. The fraction of sp³-hybridized carbons (Fsp3) is 0. The summed E-state index contributed by atoms with van der Waals surface area (Å²) in [6.45, 7) is 3.63. The second-order valence-corrected chi connectivity index (χ2v) is 2.41. The molecule has 3 nitrogen and oxygen atoms in total. The minimum atomic E-state index is 1.17. The van der Waals surface area contributed by atoms with Gasteiger partial charge in [-0.1, -0.05) is 43.0 Å². The molecule has 0 amide bonds. The molecule has 0 atom stereocenters. The van der Waals surface area contributed by atoms with Gasteiger partial charge in [-0.2, -0.15) is 0 Å². The second kappa shape index (κ2) is 6.48. The van der Waals surface area contributed by atoms with Crippen LogP contribution < -0.4 is 0 Å². The van der Waals surface area contributed by atoms with Crippen molar-refractivity contribution in [3.8, 4) is 0 Å². The highest BCUT2D eigenvalue weighted by Gasteiger charge is 1.75. The first-order valence-corrected chi connectivity index (χ1v) is 4.16. The molecule has 2 aromatic rings. The van der Waals surface area contributed by atoms with E-state index in [0.717, 1.165) is 0 Å². The van der Waals surface area contributed by atoms with Crippen molar-refractivity contribution in [1.29, 1.82) is 0 Å². The highest BCUT2D eigenvalue weighted by Crippen LogP contribution is 1.97. The van der Waals surface area contributed by atoms with Crippen molar-refractivity contribution in [2.24, 2.45) is 0 Å². The Morgan fingerprint density at radius 1 is 0.857 bits per heavy atom. The van der Waals surface area contributed by atoms with Gasteiger partial charge in [-0.15, -0.1) is 0 Å². The zero-order valence-corrected chi connectivity index (χ0v) is 7.74. The molecule has 14 heavy (non-hydrogen) atoms. The first-order chi connectivity index (χ1) is 6.93. The molecule has 0 aliphatic heterocycles. The molecule has 2 rings (SSSR count). The fourth-order valence-electron chi connectivity index (χ4n) is 0.794. The van der Waals surface area contributed by atoms with Gasteiger partial charge in [0.15, 0.2) is 0 Å². The standard InChI is InChI=1S/C8H8.C3H3N3/c1-2-8-6-4-3-5-7-8;1-4-2-6-3-5-1/h2-7H,1H2;1-3H. The molecule has 0 radical (unpaired) electrons. The van der Waals surface area contributed by atoms with Gasteiger partial charge in [0.1, 0.15) is 19.0 Å². The third-order valence-corrected chi connectivity index (χ3v) is 1.44. The Balaban J connectivity index is 0.000000146. The van der Waals surface area contributed by atoms with Crippen LogP contribution in [0.15, 0.2) is 55.9 Å². The van der Waals surface area contributed by atoms with Gasteiger partial charge in [-0.3, -0.25) is 0 Å². The van der Waals surface area contributed by atoms with Crippen LogP contribution in [0.3, 0.4) is 0 Å². The van der Waals surface area contributed by atoms with Crippen LogP contribution in [-0.4, -0.2) is 15.0 Å². The molecule has 0 aliphatic rings. The summed E-state index contributed by atoms with van der Waals surface area (Å²) in [5.41, 5.74) is 1.17. The van der Waals surface area contributed by atoms with Crippen molar-refractivity contribution >= 4 is 6.08 Å². The van der Waals surface area contributed by atoms with Crippen molar-refractivity contribution < 1.29 is 0 Å². The maximum absolute atomic E-state index is 3.63. The molecule has 0 bridgehead atoms. The van der Waals surface area contributed by atoms with Gasteiger partial charge >= 0.3 is 0 Å². The summed E-state index contributed by atoms with van der Waals surface area (Å²) in [4.78, 5) is 10.7. The molecule has 1 aromatic heterocycles. The normalized spacial score (nSPS) is 8.29. The van der Waals surface area contributed by atoms with Gasteiger partial charge in [0.2, 0.25) is 0 Å². The smallest absolute Gasteiger partial charge is 0.119 e. The Morgan fingerprint density at radius 2 is 1.36 bits per heavy atom. The summed E-state index contributed by atoms with van der Waals surface area (Å²) in [7, 11) is 0. The lowest BCUT2D eigenvalue weighted by Gasteiger charge is -1.85. The number of rotatable bonds is 1. The zero-order valence-electron chi connectivity index (χ0n) is 7.74. The van der Waals surface area contributed by atoms with Crippen LogP contribution in [-0.2, 0) is 0 Å². The molecular formula is C11H11N3. The van der Waals surface area contributed by atoms with Gasteiger partial charge in [0.05, 0.1) is 0 Å². The van der Waals surface area contributed by atoms with E-state index in [4.69, 9.17) is 0 Å². The molecule has 0 N–H and O–H groups in total. The molecule has 0 saturated heterocycles. The largest absolute Gasteiger partial charge is 0.225 e. The number of aromatic nitrogens is 3. The minimum Gasteiger partial charge on any atom is -0.225 e. The lowest BCUT2D eigenvalue weighted by molar-refractivity contribution is 1.05. The molecule has 1 aromatic carbocycles. The molecule has 0 unspecified atom stereocenters. The highest BCUT2D eigenvalue weighted by molar-refractivity contribution is 5.45. The van der Waals surface area contributed by atoms with E-state index in [1.807, 2.05) is 36.4 Å². The van der Waals surface area contributed by atoms with Crippen LogP contribution in [0.1, 0.15) is 5.56 Å². The third kappa shape index (κ3) is 4.11. The van der Waals surface area contributed by atoms with E-state index in [-0.39, 0.29) is 0 Å². The fourth-order valence-corrected chi connectivity index (χ4v) is 0.794. The van der Waals surface area contributed by atoms with E-state index in [2.05, 4.69) is 21.5 Å². The van der Waals surface area contributed by atoms with E-state index in [9.17, 15) is 0 Å². The number of hydrogen-bond donors (Lipinski definition) is 0. The number of hydrogen-bond acceptors (Lipinski definition) is 3. The average Bonchev–Trinajstić information content (AvgIpc) is 2.33. The molecule has 70 valence electrons. The van der Waals surface area contributed by atoms with E-state index >= 15 is 0 Å². The van der Waals surface area contributed by atoms with Gasteiger partial charge in [0.25, 0.3) is 0 Å². The molecular weight excluding hydrogens is 174 g/mol. The Hall–Kier alpha value is -2.03. The Kier molecular flexibility index (Phi) is 4.65. The summed E-state index contributed by atoms with van der Waals surface area (Å²) in [5.74, 6) is 0. The van der Waals surface area contributed by atoms with E-state index < -0.39 is 0 Å². The van der Waals surface area contributed by atoms with Gasteiger partial charge in [-0.25, -0.2) is 15.0 Å². The summed E-state index contributed by atoms with van der Waals surface area (Å²) >= 11 is 0. The van der Waals surface area contributed by atoms with Crippen molar-refractivity contribution in [3.05, 3.63) is 61.5 Å². The van der Waals surface area contributed by atoms with Crippen molar-refractivity contribution in [2.45, 2.75) is 0 Å². The van der Waals surface area contributed by atoms with E-state index in [1.165, 1.54) is 24.5 Å². The topological polar surface area (TPSA) is 38.7 Å². The molecule has 0 spiro atoms. The number of benzene rings is 1. The van der Waals surface area contributed by atoms with Crippen LogP contribution in [0.4, 0.5) is 0 Å². The van der Waals surface area contributed by atoms with E-state index in [0.29, 0.717) is 0 Å². The summed E-state index contributed by atoms with van der Waals surface area (Å²) < 4.78 is 0. The monoisotopic (exact) mass is 185 g/mol. The van der Waals surface area contributed by atoms with Crippen LogP contribution in [0.5, 0.6) is 0 Å². The average molecular weight is 185 g/mol. The first kappa shape index (κ1) is 10.1. The van der Waals surface area contributed by atoms with E-state index in [1.54, 1.807) is 0 Å². The summed E-state index contributed by atoms with van der Waals surface area (Å²) in [6.07, 6.45) is 6.15. The minimum absolute atomic E-state index is 1.17. The summed E-state index contributed by atoms with van der Waals surface area (Å²) in [6, 6.07) is 10.0. The zero-order chi connectivity index (χ0) is 10.1. The predicted molar refractivity (Wildman–Crippen MR) is 56.4 cm³/mol. The van der Waals surface area contributed by atoms with Crippen molar-refractivity contribution in [2.75, 3.05) is 0 Å². The van der Waals surface area contributed by atoms with Crippen LogP contribution >= 0.6 is 0 Å². The van der Waals surface area contributed by atoms with Crippen molar-refractivity contribution in [1.82, 2.24) is 15.0 Å².